The van der Waals surface area contributed by atoms with Gasteiger partial charge >= 0.3 is 5.97 Å². The molecule has 6 nitrogen and oxygen atoms in total. The van der Waals surface area contributed by atoms with E-state index >= 15 is 0 Å². The SMILES string of the molecule is CC(C)C(CS(=O)(=O)C(C)C)N1C(=O)[C@@](C)(CC(=O)O)C[C@H](c2cccc(Cl)c2)[C@H]1c1ccc(Cl)cc1. The maximum Gasteiger partial charge on any atom is 0.304 e. The fourth-order valence-corrected chi connectivity index (χ4v) is 7.00. The highest BCUT2D eigenvalue weighted by Gasteiger charge is 2.53. The van der Waals surface area contributed by atoms with Crippen molar-refractivity contribution < 1.29 is 23.1 Å². The number of hydrogen-bond donors (Lipinski definition) is 1. The van der Waals surface area contributed by atoms with Crippen molar-refractivity contribution in [3.8, 4) is 0 Å². The number of carboxylic acids is 1. The number of sulfone groups is 1. The molecule has 37 heavy (non-hydrogen) atoms. The van der Waals surface area contributed by atoms with Crippen LogP contribution in [0.5, 0.6) is 0 Å². The molecule has 0 radical (unpaired) electrons. The first kappa shape index (κ1) is 29.5. The maximum atomic E-state index is 14.3. The number of carboxylic acid groups (broad SMARTS) is 1. The lowest BCUT2D eigenvalue weighted by Gasteiger charge is -2.52. The van der Waals surface area contributed by atoms with Gasteiger partial charge in [-0.3, -0.25) is 9.59 Å². The Bertz CT molecular complexity index is 1250. The molecule has 2 aromatic carbocycles. The van der Waals surface area contributed by atoms with Crippen LogP contribution in [0.15, 0.2) is 48.5 Å². The van der Waals surface area contributed by atoms with Crippen LogP contribution in [-0.4, -0.2) is 47.3 Å². The van der Waals surface area contributed by atoms with Gasteiger partial charge in [0.2, 0.25) is 5.91 Å². The summed E-state index contributed by atoms with van der Waals surface area (Å²) in [5.41, 5.74) is 0.416. The summed E-state index contributed by atoms with van der Waals surface area (Å²) >= 11 is 12.5. The number of amides is 1. The highest BCUT2D eigenvalue weighted by molar-refractivity contribution is 7.92. The number of carbonyl (C=O) groups is 2. The number of carbonyl (C=O) groups excluding carboxylic acids is 1. The molecule has 202 valence electrons. The Morgan fingerprint density at radius 2 is 1.68 bits per heavy atom. The van der Waals surface area contributed by atoms with Gasteiger partial charge in [-0.2, -0.15) is 0 Å². The zero-order chi connectivity index (χ0) is 27.7. The van der Waals surface area contributed by atoms with Crippen molar-refractivity contribution in [1.82, 2.24) is 4.90 Å². The monoisotopic (exact) mass is 567 g/mol. The fraction of sp³-hybridized carbons (Fsp3) is 0.500. The van der Waals surface area contributed by atoms with E-state index in [0.717, 1.165) is 11.1 Å². The van der Waals surface area contributed by atoms with Crippen LogP contribution >= 0.6 is 23.2 Å². The molecule has 4 atom stereocenters. The Morgan fingerprint density at radius 1 is 1.05 bits per heavy atom. The van der Waals surface area contributed by atoms with E-state index in [-0.39, 0.29) is 36.3 Å². The normalized spacial score (nSPS) is 23.5. The summed E-state index contributed by atoms with van der Waals surface area (Å²) in [6, 6.07) is 13.3. The maximum absolute atomic E-state index is 14.3. The van der Waals surface area contributed by atoms with E-state index in [1.807, 2.05) is 44.2 Å². The Hall–Kier alpha value is -2.09. The highest BCUT2D eigenvalue weighted by Crippen LogP contribution is 2.52. The zero-order valence-corrected chi connectivity index (χ0v) is 24.1. The molecule has 1 aliphatic rings. The Kier molecular flexibility index (Phi) is 9.03. The predicted molar refractivity (Wildman–Crippen MR) is 148 cm³/mol. The first-order chi connectivity index (χ1) is 17.2. The van der Waals surface area contributed by atoms with Gasteiger partial charge in [0.25, 0.3) is 0 Å². The number of benzene rings is 2. The van der Waals surface area contributed by atoms with Crippen molar-refractivity contribution in [2.75, 3.05) is 5.75 Å². The molecule has 2 aromatic rings. The van der Waals surface area contributed by atoms with Crippen LogP contribution in [0.4, 0.5) is 0 Å². The molecule has 1 N–H and O–H groups in total. The lowest BCUT2D eigenvalue weighted by molar-refractivity contribution is -0.161. The van der Waals surface area contributed by atoms with Crippen LogP contribution in [0.3, 0.4) is 0 Å². The van der Waals surface area contributed by atoms with Crippen LogP contribution in [0, 0.1) is 11.3 Å². The number of rotatable bonds is 9. The lowest BCUT2D eigenvalue weighted by atomic mass is 9.66. The molecule has 1 saturated heterocycles. The Morgan fingerprint density at radius 3 is 2.19 bits per heavy atom. The number of aliphatic carboxylic acids is 1. The molecule has 1 fully saturated rings. The summed E-state index contributed by atoms with van der Waals surface area (Å²) in [5.74, 6) is -2.19. The second kappa shape index (κ2) is 11.3. The Labute approximate surface area is 229 Å². The topological polar surface area (TPSA) is 91.8 Å². The third-order valence-electron chi connectivity index (χ3n) is 7.38. The molecule has 1 amide bonds. The second-order valence-electron chi connectivity index (χ2n) is 10.9. The minimum absolute atomic E-state index is 0.209. The molecular weight excluding hydrogens is 533 g/mol. The van der Waals surface area contributed by atoms with Crippen LogP contribution in [-0.2, 0) is 19.4 Å². The molecule has 0 saturated carbocycles. The molecule has 1 unspecified atom stereocenters. The molecule has 1 aliphatic heterocycles. The minimum atomic E-state index is -3.53. The fourth-order valence-electron chi connectivity index (χ4n) is 5.27. The van der Waals surface area contributed by atoms with E-state index in [4.69, 9.17) is 23.2 Å². The van der Waals surface area contributed by atoms with Gasteiger partial charge in [-0.25, -0.2) is 8.42 Å². The standard InChI is InChI=1S/C28H35Cl2NO5S/c1-17(2)24(16-37(35,36)18(3)4)31-26(19-9-11-21(29)12-10-19)23(20-7-6-8-22(30)13-20)14-28(5,27(31)34)15-25(32)33/h6-13,17-18,23-24,26H,14-16H2,1-5H3,(H,32,33)/t23-,24?,26-,28-/m1/s1. The predicted octanol–water partition coefficient (Wildman–Crippen LogP) is 6.38. The van der Waals surface area contributed by atoms with Crippen molar-refractivity contribution in [1.29, 1.82) is 0 Å². The zero-order valence-electron chi connectivity index (χ0n) is 21.8. The van der Waals surface area contributed by atoms with Gasteiger partial charge in [0.05, 0.1) is 28.9 Å². The van der Waals surface area contributed by atoms with E-state index < -0.39 is 38.6 Å². The molecule has 0 aromatic heterocycles. The third kappa shape index (κ3) is 6.50. The first-order valence-corrected chi connectivity index (χ1v) is 14.9. The smallest absolute Gasteiger partial charge is 0.304 e. The van der Waals surface area contributed by atoms with Gasteiger partial charge in [-0.15, -0.1) is 0 Å². The van der Waals surface area contributed by atoms with Crippen LogP contribution in [0.1, 0.15) is 70.5 Å². The van der Waals surface area contributed by atoms with E-state index in [2.05, 4.69) is 0 Å². The molecule has 0 spiro atoms. The number of piperidine rings is 1. The van der Waals surface area contributed by atoms with Crippen molar-refractivity contribution >= 4 is 44.9 Å². The summed E-state index contributed by atoms with van der Waals surface area (Å²) in [6.07, 6.45) is -0.0987. The van der Waals surface area contributed by atoms with Gasteiger partial charge in [0.15, 0.2) is 9.84 Å². The average Bonchev–Trinajstić information content (AvgIpc) is 2.79. The summed E-state index contributed by atoms with van der Waals surface area (Å²) in [5, 5.41) is 10.2. The van der Waals surface area contributed by atoms with Crippen molar-refractivity contribution in [2.24, 2.45) is 11.3 Å². The minimum Gasteiger partial charge on any atom is -0.481 e. The third-order valence-corrected chi connectivity index (χ3v) is 10.1. The molecule has 9 heteroatoms. The highest BCUT2D eigenvalue weighted by atomic mass is 35.5. The summed E-state index contributed by atoms with van der Waals surface area (Å²) < 4.78 is 26.3. The molecular formula is C28H35Cl2NO5S. The van der Waals surface area contributed by atoms with E-state index in [1.165, 1.54) is 0 Å². The number of likely N-dealkylation sites (tertiary alicyclic amines) is 1. The van der Waals surface area contributed by atoms with Gasteiger partial charge in [0.1, 0.15) is 0 Å². The molecule has 0 bridgehead atoms. The molecule has 0 aliphatic carbocycles. The van der Waals surface area contributed by atoms with Gasteiger partial charge in [0, 0.05) is 22.0 Å². The van der Waals surface area contributed by atoms with Crippen LogP contribution in [0.25, 0.3) is 0 Å². The largest absolute Gasteiger partial charge is 0.481 e. The lowest BCUT2D eigenvalue weighted by Crippen LogP contribution is -2.59. The van der Waals surface area contributed by atoms with E-state index in [9.17, 15) is 23.1 Å². The number of halogens is 2. The quantitative estimate of drug-likeness (QED) is 0.379. The van der Waals surface area contributed by atoms with Crippen LogP contribution in [0.2, 0.25) is 10.0 Å². The van der Waals surface area contributed by atoms with Crippen molar-refractivity contribution in [2.45, 2.75) is 70.7 Å². The van der Waals surface area contributed by atoms with Gasteiger partial charge in [-0.1, -0.05) is 68.2 Å². The summed E-state index contributed by atoms with van der Waals surface area (Å²) in [6.45, 7) is 8.71. The number of nitrogens with zero attached hydrogens (tertiary/aromatic N) is 1. The molecule has 3 rings (SSSR count). The number of hydrogen-bond acceptors (Lipinski definition) is 4. The van der Waals surface area contributed by atoms with E-state index in [1.54, 1.807) is 43.9 Å². The first-order valence-electron chi connectivity index (χ1n) is 12.4. The van der Waals surface area contributed by atoms with E-state index in [0.29, 0.717) is 10.0 Å². The second-order valence-corrected chi connectivity index (χ2v) is 14.4. The summed E-state index contributed by atoms with van der Waals surface area (Å²) in [4.78, 5) is 27.9. The van der Waals surface area contributed by atoms with Gasteiger partial charge < -0.3 is 10.0 Å². The molecule has 1 heterocycles. The van der Waals surface area contributed by atoms with Crippen molar-refractivity contribution in [3.63, 3.8) is 0 Å². The van der Waals surface area contributed by atoms with Crippen LogP contribution < -0.4 is 0 Å². The van der Waals surface area contributed by atoms with Crippen molar-refractivity contribution in [3.05, 3.63) is 69.7 Å². The Balaban J connectivity index is 2.30. The average molecular weight is 569 g/mol. The summed E-state index contributed by atoms with van der Waals surface area (Å²) in [7, 11) is -3.53. The van der Waals surface area contributed by atoms with Gasteiger partial charge in [-0.05, 0) is 61.6 Å².